The zero-order valence-corrected chi connectivity index (χ0v) is 15.3. The number of para-hydroxylation sites is 2. The van der Waals surface area contributed by atoms with Gasteiger partial charge >= 0.3 is 0 Å². The highest BCUT2D eigenvalue weighted by Gasteiger charge is 2.20. The second-order valence-corrected chi connectivity index (χ2v) is 7.08. The Bertz CT molecular complexity index is 1050. The molecule has 0 spiro atoms. The van der Waals surface area contributed by atoms with Gasteiger partial charge in [-0.3, -0.25) is 4.79 Å². The average Bonchev–Trinajstić information content (AvgIpc) is 3.23. The summed E-state index contributed by atoms with van der Waals surface area (Å²) in [6.45, 7) is 2.34. The highest BCUT2D eigenvalue weighted by molar-refractivity contribution is 7.20. The van der Waals surface area contributed by atoms with Crippen molar-refractivity contribution in [2.45, 2.75) is 13.0 Å². The zero-order chi connectivity index (χ0) is 18.1. The summed E-state index contributed by atoms with van der Waals surface area (Å²) in [5.74, 6) is -0.217. The van der Waals surface area contributed by atoms with Crippen molar-refractivity contribution in [3.8, 4) is 5.13 Å². The van der Waals surface area contributed by atoms with E-state index >= 15 is 0 Å². The van der Waals surface area contributed by atoms with Crippen molar-refractivity contribution >= 4 is 38.4 Å². The predicted molar refractivity (Wildman–Crippen MR) is 103 cm³/mol. The number of carbonyl (C=O) groups excluding carboxylic acids is 1. The highest BCUT2D eigenvalue weighted by atomic mass is 32.1. The van der Waals surface area contributed by atoms with E-state index in [1.165, 1.54) is 0 Å². The fourth-order valence-electron chi connectivity index (χ4n) is 2.91. The minimum absolute atomic E-state index is 0.0983. The molecule has 0 saturated carbocycles. The third-order valence-corrected chi connectivity index (χ3v) is 5.07. The lowest BCUT2D eigenvalue weighted by molar-refractivity contribution is 0.0901. The van der Waals surface area contributed by atoms with E-state index in [4.69, 9.17) is 4.74 Å². The van der Waals surface area contributed by atoms with Gasteiger partial charge in [0.15, 0.2) is 5.69 Å². The minimum Gasteiger partial charge on any atom is -0.383 e. The molecule has 1 N–H and O–H groups in total. The van der Waals surface area contributed by atoms with Crippen molar-refractivity contribution in [1.29, 1.82) is 0 Å². The molecule has 4 aromatic rings. The van der Waals surface area contributed by atoms with Crippen molar-refractivity contribution in [2.24, 2.45) is 0 Å². The van der Waals surface area contributed by atoms with Gasteiger partial charge in [0.1, 0.15) is 0 Å². The smallest absolute Gasteiger partial charge is 0.272 e. The molecular formula is C19H18N4O2S. The summed E-state index contributed by atoms with van der Waals surface area (Å²) in [6, 6.07) is 15.5. The number of rotatable bonds is 5. The molecule has 6 nitrogen and oxygen atoms in total. The standard InChI is InChI=1S/C19H18N4O2S/c1-12(11-25-2)20-18(24)17-13-7-3-5-9-15(13)23(22-17)19-21-14-8-4-6-10-16(14)26-19/h3-10,12H,11H2,1-2H3,(H,20,24). The molecule has 4 rings (SSSR count). The second-order valence-electron chi connectivity index (χ2n) is 6.07. The summed E-state index contributed by atoms with van der Waals surface area (Å²) >= 11 is 1.55. The maximum Gasteiger partial charge on any atom is 0.272 e. The number of ether oxygens (including phenoxy) is 1. The molecule has 132 valence electrons. The van der Waals surface area contributed by atoms with E-state index in [1.54, 1.807) is 23.1 Å². The third-order valence-electron chi connectivity index (χ3n) is 4.06. The Balaban J connectivity index is 1.80. The van der Waals surface area contributed by atoms with Gasteiger partial charge in [-0.15, -0.1) is 0 Å². The monoisotopic (exact) mass is 366 g/mol. The molecule has 0 aliphatic carbocycles. The first kappa shape index (κ1) is 16.7. The van der Waals surface area contributed by atoms with E-state index in [-0.39, 0.29) is 11.9 Å². The largest absolute Gasteiger partial charge is 0.383 e. The van der Waals surface area contributed by atoms with Crippen molar-refractivity contribution in [3.05, 3.63) is 54.2 Å². The van der Waals surface area contributed by atoms with Gasteiger partial charge in [-0.1, -0.05) is 41.7 Å². The first-order valence-corrected chi connectivity index (χ1v) is 9.12. The predicted octanol–water partition coefficient (Wildman–Crippen LogP) is 3.40. The Morgan fingerprint density at radius 3 is 2.81 bits per heavy atom. The summed E-state index contributed by atoms with van der Waals surface area (Å²) in [5, 5.41) is 9.05. The molecular weight excluding hydrogens is 348 g/mol. The fraction of sp³-hybridized carbons (Fsp3) is 0.211. The maximum atomic E-state index is 12.7. The SMILES string of the molecule is COCC(C)NC(=O)c1nn(-c2nc3ccccc3s2)c2ccccc12. The minimum atomic E-state index is -0.217. The number of aromatic nitrogens is 3. The van der Waals surface area contributed by atoms with E-state index < -0.39 is 0 Å². The number of thiazole rings is 1. The number of hydrogen-bond donors (Lipinski definition) is 1. The number of benzene rings is 2. The van der Waals surface area contributed by atoms with Crippen LogP contribution in [0.4, 0.5) is 0 Å². The summed E-state index contributed by atoms with van der Waals surface area (Å²) in [4.78, 5) is 17.4. The molecule has 0 aliphatic heterocycles. The lowest BCUT2D eigenvalue weighted by Crippen LogP contribution is -2.35. The Kier molecular flexibility index (Phi) is 4.40. The Morgan fingerprint density at radius 2 is 2.00 bits per heavy atom. The van der Waals surface area contributed by atoms with Crippen LogP contribution < -0.4 is 5.32 Å². The van der Waals surface area contributed by atoms with E-state index in [9.17, 15) is 4.79 Å². The molecule has 2 aromatic carbocycles. The van der Waals surface area contributed by atoms with Gasteiger partial charge in [0.25, 0.3) is 5.91 Å². The Hall–Kier alpha value is -2.77. The van der Waals surface area contributed by atoms with Crippen LogP contribution in [-0.2, 0) is 4.74 Å². The van der Waals surface area contributed by atoms with Crippen LogP contribution in [0.5, 0.6) is 0 Å². The van der Waals surface area contributed by atoms with Crippen LogP contribution in [0, 0.1) is 0 Å². The van der Waals surface area contributed by atoms with Crippen LogP contribution in [0.15, 0.2) is 48.5 Å². The lowest BCUT2D eigenvalue weighted by atomic mass is 10.2. The van der Waals surface area contributed by atoms with Gasteiger partial charge in [0.2, 0.25) is 5.13 Å². The van der Waals surface area contributed by atoms with Crippen LogP contribution in [0.3, 0.4) is 0 Å². The zero-order valence-electron chi connectivity index (χ0n) is 14.5. The number of hydrogen-bond acceptors (Lipinski definition) is 5. The third kappa shape index (κ3) is 2.95. The van der Waals surface area contributed by atoms with Gasteiger partial charge in [-0.2, -0.15) is 5.10 Å². The first-order valence-electron chi connectivity index (χ1n) is 8.31. The molecule has 0 fully saturated rings. The van der Waals surface area contributed by atoms with Crippen molar-refractivity contribution < 1.29 is 9.53 Å². The highest BCUT2D eigenvalue weighted by Crippen LogP contribution is 2.28. The molecule has 1 amide bonds. The first-order chi connectivity index (χ1) is 12.7. The lowest BCUT2D eigenvalue weighted by Gasteiger charge is -2.11. The van der Waals surface area contributed by atoms with E-state index in [2.05, 4.69) is 15.4 Å². The second kappa shape index (κ2) is 6.86. The van der Waals surface area contributed by atoms with E-state index in [1.807, 2.05) is 55.5 Å². The molecule has 26 heavy (non-hydrogen) atoms. The van der Waals surface area contributed by atoms with Crippen LogP contribution in [0.25, 0.3) is 26.3 Å². The van der Waals surface area contributed by atoms with E-state index in [0.717, 1.165) is 26.3 Å². The number of methoxy groups -OCH3 is 1. The summed E-state index contributed by atoms with van der Waals surface area (Å²) in [6.07, 6.45) is 0. The maximum absolute atomic E-state index is 12.7. The summed E-state index contributed by atoms with van der Waals surface area (Å²) in [5.41, 5.74) is 2.17. The number of fused-ring (bicyclic) bond motifs is 2. The molecule has 0 bridgehead atoms. The molecule has 7 heteroatoms. The van der Waals surface area contributed by atoms with Gasteiger partial charge < -0.3 is 10.1 Å². The van der Waals surface area contributed by atoms with E-state index in [0.29, 0.717) is 12.3 Å². The topological polar surface area (TPSA) is 69.0 Å². The van der Waals surface area contributed by atoms with Crippen molar-refractivity contribution in [1.82, 2.24) is 20.1 Å². The fourth-order valence-corrected chi connectivity index (χ4v) is 3.85. The molecule has 0 radical (unpaired) electrons. The van der Waals surface area contributed by atoms with Crippen LogP contribution in [-0.4, -0.2) is 40.4 Å². The Labute approximate surface area is 154 Å². The number of nitrogens with one attached hydrogen (secondary N) is 1. The molecule has 1 unspecified atom stereocenters. The molecule has 2 heterocycles. The number of carbonyl (C=O) groups is 1. The average molecular weight is 366 g/mol. The van der Waals surface area contributed by atoms with Crippen LogP contribution >= 0.6 is 11.3 Å². The number of nitrogens with zero attached hydrogens (tertiary/aromatic N) is 3. The summed E-state index contributed by atoms with van der Waals surface area (Å²) in [7, 11) is 1.61. The van der Waals surface area contributed by atoms with Crippen molar-refractivity contribution in [2.75, 3.05) is 13.7 Å². The van der Waals surface area contributed by atoms with Crippen molar-refractivity contribution in [3.63, 3.8) is 0 Å². The van der Waals surface area contributed by atoms with Crippen LogP contribution in [0.2, 0.25) is 0 Å². The van der Waals surface area contributed by atoms with Gasteiger partial charge in [0.05, 0.1) is 22.3 Å². The van der Waals surface area contributed by atoms with Crippen LogP contribution in [0.1, 0.15) is 17.4 Å². The molecule has 2 aromatic heterocycles. The number of amides is 1. The quantitative estimate of drug-likeness (QED) is 0.588. The molecule has 0 saturated heterocycles. The molecule has 0 aliphatic rings. The molecule has 1 atom stereocenters. The summed E-state index contributed by atoms with van der Waals surface area (Å²) < 4.78 is 7.92. The van der Waals surface area contributed by atoms with Gasteiger partial charge in [-0.05, 0) is 25.1 Å². The van der Waals surface area contributed by atoms with Gasteiger partial charge in [0, 0.05) is 18.5 Å². The van der Waals surface area contributed by atoms with Gasteiger partial charge in [-0.25, -0.2) is 9.67 Å². The normalized spacial score (nSPS) is 12.5. The Morgan fingerprint density at radius 1 is 1.23 bits per heavy atom.